The summed E-state index contributed by atoms with van der Waals surface area (Å²) in [6.45, 7) is 1.97. The molecule has 1 aliphatic rings. The second kappa shape index (κ2) is 9.66. The number of fused-ring (bicyclic) bond motifs is 2. The van der Waals surface area contributed by atoms with Gasteiger partial charge >= 0.3 is 0 Å². The number of amides is 2. The summed E-state index contributed by atoms with van der Waals surface area (Å²) in [5.74, 6) is -0.0916. The molecule has 3 heterocycles. The average molecular weight is 561 g/mol. The molecule has 9 heteroatoms. The van der Waals surface area contributed by atoms with Crippen LogP contribution in [0.2, 0.25) is 0 Å². The standard InChI is InChI=1S/C33H25FN4O4/c1-18-3-4-21(30(39)38-33(12-13-33)32-37-25-17-36-14-11-27(25)42-32)16-23(18)20-7-10-26-24(15-20)28(31(40)35-2)29(41-26)19-5-8-22(34)9-6-19/h3-11,14-17H,12-13H2,1-2H3,(H,35,40)(H,38,39). The van der Waals surface area contributed by atoms with E-state index in [1.807, 2.05) is 31.2 Å². The Morgan fingerprint density at radius 2 is 1.69 bits per heavy atom. The molecule has 8 nitrogen and oxygen atoms in total. The van der Waals surface area contributed by atoms with Crippen LogP contribution in [-0.2, 0) is 5.54 Å². The van der Waals surface area contributed by atoms with Gasteiger partial charge in [-0.3, -0.25) is 14.6 Å². The van der Waals surface area contributed by atoms with Gasteiger partial charge in [0.2, 0.25) is 5.89 Å². The molecule has 0 unspecified atom stereocenters. The quantitative estimate of drug-likeness (QED) is 0.240. The van der Waals surface area contributed by atoms with Crippen molar-refractivity contribution in [3.63, 3.8) is 0 Å². The molecule has 6 aromatic rings. The van der Waals surface area contributed by atoms with Crippen LogP contribution in [0.15, 0.2) is 88.0 Å². The highest BCUT2D eigenvalue weighted by molar-refractivity contribution is 6.12. The van der Waals surface area contributed by atoms with Crippen LogP contribution in [0, 0.1) is 12.7 Å². The fourth-order valence-corrected chi connectivity index (χ4v) is 5.29. The second-order valence-corrected chi connectivity index (χ2v) is 10.5. The third kappa shape index (κ3) is 4.30. The molecule has 7 rings (SSSR count). The summed E-state index contributed by atoms with van der Waals surface area (Å²) in [7, 11) is 1.55. The van der Waals surface area contributed by atoms with E-state index in [4.69, 9.17) is 8.83 Å². The Kier molecular flexibility index (Phi) is 5.90. The molecular weight excluding hydrogens is 535 g/mol. The highest BCUT2D eigenvalue weighted by Crippen LogP contribution is 2.46. The number of hydrogen-bond acceptors (Lipinski definition) is 6. The van der Waals surface area contributed by atoms with E-state index in [-0.39, 0.29) is 17.6 Å². The summed E-state index contributed by atoms with van der Waals surface area (Å²) < 4.78 is 25.6. The van der Waals surface area contributed by atoms with E-state index in [0.29, 0.717) is 50.4 Å². The first kappa shape index (κ1) is 25.6. The van der Waals surface area contributed by atoms with E-state index in [2.05, 4.69) is 20.6 Å². The average Bonchev–Trinajstić information content (AvgIpc) is 3.48. The topological polar surface area (TPSA) is 110 Å². The van der Waals surface area contributed by atoms with E-state index >= 15 is 0 Å². The number of pyridine rings is 1. The Hall–Kier alpha value is -5.31. The van der Waals surface area contributed by atoms with E-state index in [1.54, 1.807) is 49.8 Å². The lowest BCUT2D eigenvalue weighted by molar-refractivity contribution is 0.0922. The zero-order valence-electron chi connectivity index (χ0n) is 22.8. The molecule has 0 spiro atoms. The van der Waals surface area contributed by atoms with Gasteiger partial charge in [-0.1, -0.05) is 12.1 Å². The number of nitrogens with one attached hydrogen (secondary N) is 2. The summed E-state index contributed by atoms with van der Waals surface area (Å²) in [4.78, 5) is 35.1. The lowest BCUT2D eigenvalue weighted by atomic mass is 9.95. The van der Waals surface area contributed by atoms with Gasteiger partial charge in [0.1, 0.15) is 28.2 Å². The molecule has 2 amide bonds. The normalized spacial score (nSPS) is 13.8. The summed E-state index contributed by atoms with van der Waals surface area (Å²) in [5.41, 5.74) is 5.22. The summed E-state index contributed by atoms with van der Waals surface area (Å²) in [6.07, 6.45) is 4.74. The molecule has 208 valence electrons. The minimum atomic E-state index is -0.643. The molecule has 1 fully saturated rings. The van der Waals surface area contributed by atoms with Gasteiger partial charge in [0.05, 0.1) is 11.8 Å². The van der Waals surface area contributed by atoms with Crippen molar-refractivity contribution in [3.8, 4) is 22.5 Å². The number of aryl methyl sites for hydroxylation is 1. The van der Waals surface area contributed by atoms with Gasteiger partial charge in [0.15, 0.2) is 5.58 Å². The number of oxazole rings is 1. The molecule has 1 saturated carbocycles. The van der Waals surface area contributed by atoms with Crippen LogP contribution in [0.1, 0.15) is 45.0 Å². The molecule has 0 radical (unpaired) electrons. The number of furan rings is 1. The molecule has 3 aromatic heterocycles. The highest BCUT2D eigenvalue weighted by atomic mass is 19.1. The molecule has 42 heavy (non-hydrogen) atoms. The zero-order valence-corrected chi connectivity index (χ0v) is 22.8. The zero-order chi connectivity index (χ0) is 29.0. The van der Waals surface area contributed by atoms with Gasteiger partial charge in [-0.05, 0) is 85.0 Å². The van der Waals surface area contributed by atoms with Crippen molar-refractivity contribution in [2.75, 3.05) is 7.05 Å². The maximum absolute atomic E-state index is 13.6. The molecule has 2 N–H and O–H groups in total. The third-order valence-corrected chi connectivity index (χ3v) is 7.76. The summed E-state index contributed by atoms with van der Waals surface area (Å²) >= 11 is 0. The van der Waals surface area contributed by atoms with Crippen molar-refractivity contribution in [2.45, 2.75) is 25.3 Å². The third-order valence-electron chi connectivity index (χ3n) is 7.76. The number of carbonyl (C=O) groups excluding carboxylic acids is 2. The first-order valence-corrected chi connectivity index (χ1v) is 13.5. The Morgan fingerprint density at radius 1 is 0.905 bits per heavy atom. The first-order valence-electron chi connectivity index (χ1n) is 13.5. The molecule has 3 aromatic carbocycles. The van der Waals surface area contributed by atoms with Crippen LogP contribution in [0.5, 0.6) is 0 Å². The lowest BCUT2D eigenvalue weighted by Gasteiger charge is -2.15. The van der Waals surface area contributed by atoms with Crippen molar-refractivity contribution in [1.82, 2.24) is 20.6 Å². The van der Waals surface area contributed by atoms with Crippen LogP contribution in [0.25, 0.3) is 44.5 Å². The maximum atomic E-state index is 13.6. The maximum Gasteiger partial charge on any atom is 0.255 e. The molecule has 1 aliphatic carbocycles. The Labute approximate surface area is 239 Å². The van der Waals surface area contributed by atoms with E-state index < -0.39 is 5.54 Å². The minimum absolute atomic E-state index is 0.233. The van der Waals surface area contributed by atoms with E-state index in [0.717, 1.165) is 29.5 Å². The number of benzene rings is 3. The molecular formula is C33H25FN4O4. The fraction of sp³-hybridized carbons (Fsp3) is 0.152. The Morgan fingerprint density at radius 3 is 2.43 bits per heavy atom. The highest BCUT2D eigenvalue weighted by Gasteiger charge is 2.50. The van der Waals surface area contributed by atoms with Gasteiger partial charge in [0.25, 0.3) is 11.8 Å². The predicted molar refractivity (Wildman–Crippen MR) is 155 cm³/mol. The Bertz CT molecular complexity index is 1990. The van der Waals surface area contributed by atoms with Gasteiger partial charge < -0.3 is 19.5 Å². The smallest absolute Gasteiger partial charge is 0.255 e. The van der Waals surface area contributed by atoms with Crippen LogP contribution in [0.3, 0.4) is 0 Å². The number of nitrogens with zero attached hydrogens (tertiary/aromatic N) is 2. The predicted octanol–water partition coefficient (Wildman–Crippen LogP) is 6.53. The van der Waals surface area contributed by atoms with Gasteiger partial charge in [-0.25, -0.2) is 9.37 Å². The largest absolute Gasteiger partial charge is 0.455 e. The van der Waals surface area contributed by atoms with Crippen LogP contribution in [-0.4, -0.2) is 28.8 Å². The molecule has 0 bridgehead atoms. The Balaban J connectivity index is 1.24. The van der Waals surface area contributed by atoms with Crippen LogP contribution >= 0.6 is 0 Å². The number of aromatic nitrogens is 2. The minimum Gasteiger partial charge on any atom is -0.455 e. The monoisotopic (exact) mass is 560 g/mol. The van der Waals surface area contributed by atoms with Gasteiger partial charge in [-0.15, -0.1) is 0 Å². The number of halogens is 1. The van der Waals surface area contributed by atoms with Crippen molar-refractivity contribution in [1.29, 1.82) is 0 Å². The summed E-state index contributed by atoms with van der Waals surface area (Å²) in [6, 6.07) is 18.7. The van der Waals surface area contributed by atoms with E-state index in [9.17, 15) is 14.0 Å². The van der Waals surface area contributed by atoms with Crippen molar-refractivity contribution < 1.29 is 22.8 Å². The number of hydrogen-bond donors (Lipinski definition) is 2. The lowest BCUT2D eigenvalue weighted by Crippen LogP contribution is -2.35. The molecule has 0 aliphatic heterocycles. The summed E-state index contributed by atoms with van der Waals surface area (Å²) in [5, 5.41) is 6.43. The first-order chi connectivity index (χ1) is 20.3. The van der Waals surface area contributed by atoms with Gasteiger partial charge in [0, 0.05) is 35.8 Å². The fourth-order valence-electron chi connectivity index (χ4n) is 5.29. The number of carbonyl (C=O) groups is 2. The van der Waals surface area contributed by atoms with Crippen LogP contribution in [0.4, 0.5) is 4.39 Å². The van der Waals surface area contributed by atoms with E-state index in [1.165, 1.54) is 12.1 Å². The van der Waals surface area contributed by atoms with Gasteiger partial charge in [-0.2, -0.15) is 0 Å². The van der Waals surface area contributed by atoms with Crippen molar-refractivity contribution in [2.24, 2.45) is 0 Å². The SMILES string of the molecule is CNC(=O)c1c(-c2ccc(F)cc2)oc2ccc(-c3cc(C(=O)NC4(c5nc6cnccc6o5)CC4)ccc3C)cc12. The molecule has 0 atom stereocenters. The number of rotatable bonds is 6. The molecule has 0 saturated heterocycles. The van der Waals surface area contributed by atoms with Crippen molar-refractivity contribution in [3.05, 3.63) is 108 Å². The van der Waals surface area contributed by atoms with Crippen molar-refractivity contribution >= 4 is 33.9 Å². The second-order valence-electron chi connectivity index (χ2n) is 10.5. The van der Waals surface area contributed by atoms with Crippen LogP contribution < -0.4 is 10.6 Å².